The Morgan fingerprint density at radius 1 is 1.61 bits per heavy atom. The van der Waals surface area contributed by atoms with Crippen molar-refractivity contribution >= 4 is 5.91 Å². The Morgan fingerprint density at radius 2 is 2.39 bits per heavy atom. The van der Waals surface area contributed by atoms with E-state index in [1.165, 1.54) is 0 Å². The Hall–Kier alpha value is -1.36. The predicted molar refractivity (Wildman–Crippen MR) is 70.6 cm³/mol. The quantitative estimate of drug-likeness (QED) is 0.868. The average Bonchev–Trinajstić information content (AvgIpc) is 2.95. The van der Waals surface area contributed by atoms with E-state index in [1.54, 1.807) is 4.68 Å². The maximum absolute atomic E-state index is 12.6. The Balaban J connectivity index is 2.19. The molecule has 0 spiro atoms. The van der Waals surface area contributed by atoms with Crippen LogP contribution in [0.3, 0.4) is 0 Å². The van der Waals surface area contributed by atoms with Gasteiger partial charge in [0.15, 0.2) is 0 Å². The fourth-order valence-corrected chi connectivity index (χ4v) is 2.66. The fourth-order valence-electron chi connectivity index (χ4n) is 2.66. The zero-order valence-electron chi connectivity index (χ0n) is 11.4. The van der Waals surface area contributed by atoms with Gasteiger partial charge in [-0.2, -0.15) is 5.10 Å². The highest BCUT2D eigenvalue weighted by Crippen LogP contribution is 2.20. The van der Waals surface area contributed by atoms with Gasteiger partial charge in [-0.15, -0.1) is 0 Å². The molecule has 2 rings (SSSR count). The van der Waals surface area contributed by atoms with Gasteiger partial charge in [-0.05, 0) is 39.8 Å². The number of amides is 1. The van der Waals surface area contributed by atoms with E-state index in [0.717, 1.165) is 43.9 Å². The van der Waals surface area contributed by atoms with Crippen molar-refractivity contribution in [3.63, 3.8) is 0 Å². The molecule has 1 aromatic rings. The molecule has 2 heterocycles. The predicted octanol–water partition coefficient (Wildman–Crippen LogP) is 1.04. The number of hydrogen-bond donors (Lipinski definition) is 1. The van der Waals surface area contributed by atoms with Crippen molar-refractivity contribution in [3.05, 3.63) is 17.5 Å². The number of likely N-dealkylation sites (N-methyl/N-ethyl adjacent to an activating group) is 1. The van der Waals surface area contributed by atoms with Crippen LogP contribution in [0.15, 0.2) is 6.07 Å². The Labute approximate surface area is 108 Å². The van der Waals surface area contributed by atoms with E-state index in [1.807, 2.05) is 31.9 Å². The molecule has 5 heteroatoms. The van der Waals surface area contributed by atoms with Crippen molar-refractivity contribution in [2.24, 2.45) is 0 Å². The molecule has 1 atom stereocenters. The van der Waals surface area contributed by atoms with Gasteiger partial charge in [0.2, 0.25) is 0 Å². The van der Waals surface area contributed by atoms with Crippen molar-refractivity contribution in [1.82, 2.24) is 20.0 Å². The van der Waals surface area contributed by atoms with Crippen LogP contribution < -0.4 is 5.32 Å². The van der Waals surface area contributed by atoms with Crippen LogP contribution in [0.25, 0.3) is 0 Å². The molecular formula is C13H22N4O. The Morgan fingerprint density at radius 3 is 3.06 bits per heavy atom. The summed E-state index contributed by atoms with van der Waals surface area (Å²) in [7, 11) is 1.93. The first kappa shape index (κ1) is 13.1. The summed E-state index contributed by atoms with van der Waals surface area (Å²) in [5.41, 5.74) is 1.63. The lowest BCUT2D eigenvalue weighted by Gasteiger charge is -2.24. The van der Waals surface area contributed by atoms with Crippen molar-refractivity contribution in [2.75, 3.05) is 20.1 Å². The molecule has 1 saturated heterocycles. The highest BCUT2D eigenvalue weighted by molar-refractivity contribution is 5.93. The Kier molecular flexibility index (Phi) is 4.01. The number of aryl methyl sites for hydroxylation is 2. The SMILES string of the molecule is CCn1nc(C)cc1C(=O)N1CCCC1CNC. The van der Waals surface area contributed by atoms with E-state index in [2.05, 4.69) is 10.4 Å². The molecule has 1 amide bonds. The first-order chi connectivity index (χ1) is 8.67. The Bertz CT molecular complexity index is 427. The van der Waals surface area contributed by atoms with E-state index in [-0.39, 0.29) is 5.91 Å². The van der Waals surface area contributed by atoms with Crippen LogP contribution in [-0.4, -0.2) is 46.8 Å². The third-order valence-electron chi connectivity index (χ3n) is 3.50. The second kappa shape index (κ2) is 5.52. The summed E-state index contributed by atoms with van der Waals surface area (Å²) in [5, 5.41) is 7.51. The molecule has 1 N–H and O–H groups in total. The van der Waals surface area contributed by atoms with Gasteiger partial charge in [-0.3, -0.25) is 9.48 Å². The lowest BCUT2D eigenvalue weighted by Crippen LogP contribution is -2.41. The molecule has 5 nitrogen and oxygen atoms in total. The molecule has 1 aromatic heterocycles. The molecule has 0 aliphatic carbocycles. The topological polar surface area (TPSA) is 50.2 Å². The van der Waals surface area contributed by atoms with Crippen LogP contribution in [0, 0.1) is 6.92 Å². The minimum Gasteiger partial charge on any atom is -0.333 e. The van der Waals surface area contributed by atoms with E-state index >= 15 is 0 Å². The molecule has 1 aliphatic rings. The number of hydrogen-bond acceptors (Lipinski definition) is 3. The molecule has 1 fully saturated rings. The molecule has 0 bridgehead atoms. The van der Waals surface area contributed by atoms with Gasteiger partial charge in [0.05, 0.1) is 5.69 Å². The van der Waals surface area contributed by atoms with E-state index in [9.17, 15) is 4.79 Å². The number of nitrogens with zero attached hydrogens (tertiary/aromatic N) is 3. The number of carbonyl (C=O) groups is 1. The van der Waals surface area contributed by atoms with Crippen molar-refractivity contribution in [2.45, 2.75) is 39.3 Å². The van der Waals surface area contributed by atoms with Crippen molar-refractivity contribution in [1.29, 1.82) is 0 Å². The summed E-state index contributed by atoms with van der Waals surface area (Å²) in [6.45, 7) is 6.40. The fraction of sp³-hybridized carbons (Fsp3) is 0.692. The zero-order chi connectivity index (χ0) is 13.1. The van der Waals surface area contributed by atoms with Gasteiger partial charge in [-0.1, -0.05) is 0 Å². The van der Waals surface area contributed by atoms with E-state index in [0.29, 0.717) is 6.04 Å². The molecule has 1 aliphatic heterocycles. The normalized spacial score (nSPS) is 19.5. The largest absolute Gasteiger partial charge is 0.333 e. The summed E-state index contributed by atoms with van der Waals surface area (Å²) < 4.78 is 1.80. The zero-order valence-corrected chi connectivity index (χ0v) is 11.4. The molecule has 1 unspecified atom stereocenters. The van der Waals surface area contributed by atoms with E-state index in [4.69, 9.17) is 0 Å². The van der Waals surface area contributed by atoms with Gasteiger partial charge < -0.3 is 10.2 Å². The third kappa shape index (κ3) is 2.41. The smallest absolute Gasteiger partial charge is 0.272 e. The lowest BCUT2D eigenvalue weighted by molar-refractivity contribution is 0.0724. The van der Waals surface area contributed by atoms with Crippen LogP contribution >= 0.6 is 0 Å². The highest BCUT2D eigenvalue weighted by Gasteiger charge is 2.30. The summed E-state index contributed by atoms with van der Waals surface area (Å²) in [4.78, 5) is 14.5. The number of aromatic nitrogens is 2. The minimum atomic E-state index is 0.121. The highest BCUT2D eigenvalue weighted by atomic mass is 16.2. The number of nitrogens with one attached hydrogen (secondary N) is 1. The van der Waals surface area contributed by atoms with Crippen LogP contribution in [0.5, 0.6) is 0 Å². The second-order valence-electron chi connectivity index (χ2n) is 4.84. The maximum atomic E-state index is 12.6. The number of likely N-dealkylation sites (tertiary alicyclic amines) is 1. The molecular weight excluding hydrogens is 228 g/mol. The maximum Gasteiger partial charge on any atom is 0.272 e. The molecule has 18 heavy (non-hydrogen) atoms. The molecule has 0 radical (unpaired) electrons. The standard InChI is InChI=1S/C13H22N4O/c1-4-17-12(8-10(2)15-17)13(18)16-7-5-6-11(16)9-14-3/h8,11,14H,4-7,9H2,1-3H3. The van der Waals surface area contributed by atoms with Gasteiger partial charge in [0, 0.05) is 25.7 Å². The lowest BCUT2D eigenvalue weighted by atomic mass is 10.2. The summed E-state index contributed by atoms with van der Waals surface area (Å²) >= 11 is 0. The van der Waals surface area contributed by atoms with Gasteiger partial charge in [0.1, 0.15) is 5.69 Å². The summed E-state index contributed by atoms with van der Waals surface area (Å²) in [6, 6.07) is 2.21. The van der Waals surface area contributed by atoms with Crippen LogP contribution in [0.1, 0.15) is 35.9 Å². The number of rotatable bonds is 4. The van der Waals surface area contributed by atoms with Crippen LogP contribution in [0.4, 0.5) is 0 Å². The van der Waals surface area contributed by atoms with Gasteiger partial charge >= 0.3 is 0 Å². The monoisotopic (exact) mass is 250 g/mol. The summed E-state index contributed by atoms with van der Waals surface area (Å²) in [6.07, 6.45) is 2.18. The molecule has 0 aromatic carbocycles. The first-order valence-corrected chi connectivity index (χ1v) is 6.67. The molecule has 100 valence electrons. The minimum absolute atomic E-state index is 0.121. The van der Waals surface area contributed by atoms with Crippen LogP contribution in [0.2, 0.25) is 0 Å². The van der Waals surface area contributed by atoms with Crippen molar-refractivity contribution in [3.8, 4) is 0 Å². The average molecular weight is 250 g/mol. The summed E-state index contributed by atoms with van der Waals surface area (Å²) in [5.74, 6) is 0.121. The van der Waals surface area contributed by atoms with Crippen LogP contribution in [-0.2, 0) is 6.54 Å². The van der Waals surface area contributed by atoms with Crippen molar-refractivity contribution < 1.29 is 4.79 Å². The second-order valence-corrected chi connectivity index (χ2v) is 4.84. The first-order valence-electron chi connectivity index (χ1n) is 6.67. The molecule has 0 saturated carbocycles. The van der Waals surface area contributed by atoms with Gasteiger partial charge in [-0.25, -0.2) is 0 Å². The van der Waals surface area contributed by atoms with E-state index < -0.39 is 0 Å². The third-order valence-corrected chi connectivity index (χ3v) is 3.50. The number of carbonyl (C=O) groups excluding carboxylic acids is 1. The van der Waals surface area contributed by atoms with Gasteiger partial charge in [0.25, 0.3) is 5.91 Å².